The standard InChI is InChI=1S/C9H11F3O4/c1-6(14-5-9(10,11)12)8(2)3-15-7(13)16-4-8/h1,3-5H2,2H3. The van der Waals surface area contributed by atoms with Gasteiger partial charge in [0.15, 0.2) is 6.61 Å². The Morgan fingerprint density at radius 3 is 2.44 bits per heavy atom. The van der Waals surface area contributed by atoms with E-state index in [1.54, 1.807) is 0 Å². The highest BCUT2D eigenvalue weighted by Crippen LogP contribution is 2.31. The van der Waals surface area contributed by atoms with Crippen molar-refractivity contribution in [2.45, 2.75) is 13.1 Å². The molecule has 1 heterocycles. The van der Waals surface area contributed by atoms with E-state index in [4.69, 9.17) is 0 Å². The van der Waals surface area contributed by atoms with Crippen LogP contribution in [0.25, 0.3) is 0 Å². The van der Waals surface area contributed by atoms with E-state index in [2.05, 4.69) is 20.8 Å². The number of cyclic esters (lactones) is 2. The van der Waals surface area contributed by atoms with Crippen molar-refractivity contribution in [1.82, 2.24) is 0 Å². The van der Waals surface area contributed by atoms with Crippen molar-refractivity contribution in [2.75, 3.05) is 19.8 Å². The maximum absolute atomic E-state index is 11.9. The topological polar surface area (TPSA) is 44.8 Å². The van der Waals surface area contributed by atoms with Crippen LogP contribution in [0.2, 0.25) is 0 Å². The highest BCUT2D eigenvalue weighted by Gasteiger charge is 2.39. The lowest BCUT2D eigenvalue weighted by molar-refractivity contribution is -0.172. The zero-order chi connectivity index (χ0) is 12.4. The summed E-state index contributed by atoms with van der Waals surface area (Å²) in [6.07, 6.45) is -5.27. The van der Waals surface area contributed by atoms with Gasteiger partial charge in [0.2, 0.25) is 0 Å². The third-order valence-electron chi connectivity index (χ3n) is 2.10. The Balaban J connectivity index is 2.50. The summed E-state index contributed by atoms with van der Waals surface area (Å²) in [5.74, 6) is -0.114. The van der Waals surface area contributed by atoms with Gasteiger partial charge in [-0.15, -0.1) is 0 Å². The first kappa shape index (κ1) is 12.7. The molecule has 1 aliphatic heterocycles. The molecular formula is C9H11F3O4. The molecule has 0 bridgehead atoms. The second-order valence-corrected chi connectivity index (χ2v) is 3.72. The van der Waals surface area contributed by atoms with Crippen molar-refractivity contribution >= 4 is 6.16 Å². The molecule has 7 heteroatoms. The van der Waals surface area contributed by atoms with E-state index in [0.717, 1.165) is 0 Å². The number of carbonyl (C=O) groups excluding carboxylic acids is 1. The van der Waals surface area contributed by atoms with Crippen molar-refractivity contribution in [2.24, 2.45) is 5.41 Å². The molecule has 1 rings (SSSR count). The van der Waals surface area contributed by atoms with Gasteiger partial charge in [-0.1, -0.05) is 6.58 Å². The number of ether oxygens (including phenoxy) is 3. The lowest BCUT2D eigenvalue weighted by Gasteiger charge is -2.33. The molecule has 0 unspecified atom stereocenters. The van der Waals surface area contributed by atoms with Gasteiger partial charge < -0.3 is 14.2 Å². The summed E-state index contributed by atoms with van der Waals surface area (Å²) in [4.78, 5) is 10.6. The van der Waals surface area contributed by atoms with Crippen LogP contribution < -0.4 is 0 Å². The quantitative estimate of drug-likeness (QED) is 0.560. The van der Waals surface area contributed by atoms with E-state index in [1.165, 1.54) is 6.92 Å². The van der Waals surface area contributed by atoms with Crippen molar-refractivity contribution in [3.63, 3.8) is 0 Å². The van der Waals surface area contributed by atoms with Crippen molar-refractivity contribution < 1.29 is 32.2 Å². The Hall–Kier alpha value is -1.40. The molecule has 0 amide bonds. The third kappa shape index (κ3) is 3.32. The largest absolute Gasteiger partial charge is 0.508 e. The average molecular weight is 240 g/mol. The summed E-state index contributed by atoms with van der Waals surface area (Å²) >= 11 is 0. The van der Waals surface area contributed by atoms with E-state index in [9.17, 15) is 18.0 Å². The van der Waals surface area contributed by atoms with E-state index in [1.807, 2.05) is 0 Å². The zero-order valence-electron chi connectivity index (χ0n) is 8.60. The molecule has 0 radical (unpaired) electrons. The number of carbonyl (C=O) groups is 1. The predicted octanol–water partition coefficient (Wildman–Crippen LogP) is 2.25. The molecule has 0 atom stereocenters. The second kappa shape index (κ2) is 4.23. The maximum atomic E-state index is 11.9. The lowest BCUT2D eigenvalue weighted by Crippen LogP contribution is -2.39. The van der Waals surface area contributed by atoms with Gasteiger partial charge >= 0.3 is 12.3 Å². The minimum Gasteiger partial charge on any atom is -0.488 e. The van der Waals surface area contributed by atoms with Gasteiger partial charge in [0, 0.05) is 0 Å². The Kier molecular flexibility index (Phi) is 3.35. The van der Waals surface area contributed by atoms with Crippen molar-refractivity contribution in [3.8, 4) is 0 Å². The van der Waals surface area contributed by atoms with Crippen LogP contribution >= 0.6 is 0 Å². The summed E-state index contributed by atoms with van der Waals surface area (Å²) in [5.41, 5.74) is -0.945. The summed E-state index contributed by atoms with van der Waals surface area (Å²) in [7, 11) is 0. The van der Waals surface area contributed by atoms with Crippen molar-refractivity contribution in [3.05, 3.63) is 12.3 Å². The van der Waals surface area contributed by atoms with Crippen LogP contribution in [0.3, 0.4) is 0 Å². The molecule has 4 nitrogen and oxygen atoms in total. The molecule has 92 valence electrons. The SMILES string of the molecule is C=C(OCC(F)(F)F)C1(C)COC(=O)OC1. The molecular weight excluding hydrogens is 229 g/mol. The van der Waals surface area contributed by atoms with Gasteiger partial charge in [-0.2, -0.15) is 13.2 Å². The van der Waals surface area contributed by atoms with Gasteiger partial charge in [0.25, 0.3) is 0 Å². The highest BCUT2D eigenvalue weighted by molar-refractivity contribution is 5.60. The first-order valence-electron chi connectivity index (χ1n) is 4.41. The molecule has 0 aromatic heterocycles. The Bertz CT molecular complexity index is 288. The molecule has 0 saturated carbocycles. The molecule has 0 aromatic carbocycles. The fraction of sp³-hybridized carbons (Fsp3) is 0.667. The second-order valence-electron chi connectivity index (χ2n) is 3.72. The van der Waals surface area contributed by atoms with Crippen molar-refractivity contribution in [1.29, 1.82) is 0 Å². The molecule has 0 aromatic rings. The smallest absolute Gasteiger partial charge is 0.488 e. The van der Waals surface area contributed by atoms with E-state index in [0.29, 0.717) is 0 Å². The Labute approximate surface area is 90.0 Å². The van der Waals surface area contributed by atoms with Crippen LogP contribution in [-0.4, -0.2) is 32.2 Å². The molecule has 1 fully saturated rings. The fourth-order valence-electron chi connectivity index (χ4n) is 1.02. The number of rotatable bonds is 3. The van der Waals surface area contributed by atoms with E-state index in [-0.39, 0.29) is 19.0 Å². The van der Waals surface area contributed by atoms with Crippen LogP contribution in [0.1, 0.15) is 6.92 Å². The fourth-order valence-corrected chi connectivity index (χ4v) is 1.02. The zero-order valence-corrected chi connectivity index (χ0v) is 8.60. The maximum Gasteiger partial charge on any atom is 0.508 e. The molecule has 0 aliphatic carbocycles. The van der Waals surface area contributed by atoms with Gasteiger partial charge in [0.05, 0.1) is 5.41 Å². The minimum absolute atomic E-state index is 0.109. The van der Waals surface area contributed by atoms with Crippen LogP contribution in [0, 0.1) is 5.41 Å². The van der Waals surface area contributed by atoms with Crippen LogP contribution in [0.4, 0.5) is 18.0 Å². The first-order valence-corrected chi connectivity index (χ1v) is 4.41. The third-order valence-corrected chi connectivity index (χ3v) is 2.10. The summed E-state index contributed by atoms with van der Waals surface area (Å²) in [5, 5.41) is 0. The van der Waals surface area contributed by atoms with E-state index >= 15 is 0 Å². The molecule has 1 aliphatic rings. The molecule has 0 spiro atoms. The number of hydrogen-bond acceptors (Lipinski definition) is 4. The average Bonchev–Trinajstić information content (AvgIpc) is 2.18. The van der Waals surface area contributed by atoms with Gasteiger partial charge in [-0.3, -0.25) is 0 Å². The van der Waals surface area contributed by atoms with Crippen LogP contribution in [-0.2, 0) is 14.2 Å². The van der Waals surface area contributed by atoms with Gasteiger partial charge in [-0.05, 0) is 6.92 Å². The van der Waals surface area contributed by atoms with Crippen LogP contribution in [0.5, 0.6) is 0 Å². The predicted molar refractivity (Wildman–Crippen MR) is 46.6 cm³/mol. The minimum atomic E-state index is -4.43. The molecule has 1 saturated heterocycles. The summed E-state index contributed by atoms with van der Waals surface area (Å²) in [6, 6.07) is 0. The van der Waals surface area contributed by atoms with Gasteiger partial charge in [-0.25, -0.2) is 4.79 Å². The van der Waals surface area contributed by atoms with E-state index < -0.39 is 24.4 Å². The van der Waals surface area contributed by atoms with Crippen LogP contribution in [0.15, 0.2) is 12.3 Å². The molecule has 16 heavy (non-hydrogen) atoms. The van der Waals surface area contributed by atoms with Gasteiger partial charge in [0.1, 0.15) is 19.0 Å². The molecule has 0 N–H and O–H groups in total. The monoisotopic (exact) mass is 240 g/mol. The summed E-state index contributed by atoms with van der Waals surface area (Å²) < 4.78 is 49.3. The number of alkyl halides is 3. The number of hydrogen-bond donors (Lipinski definition) is 0. The highest BCUT2D eigenvalue weighted by atomic mass is 19.4. The normalized spacial score (nSPS) is 19.6. The summed E-state index contributed by atoms with van der Waals surface area (Å²) in [6.45, 7) is 3.29. The number of halogens is 3. The Morgan fingerprint density at radius 1 is 1.50 bits per heavy atom. The Morgan fingerprint density at radius 2 is 2.00 bits per heavy atom. The lowest BCUT2D eigenvalue weighted by atomic mass is 9.90. The first-order chi connectivity index (χ1) is 7.23.